The highest BCUT2D eigenvalue weighted by molar-refractivity contribution is 5.75. The van der Waals surface area contributed by atoms with Crippen LogP contribution in [0.3, 0.4) is 0 Å². The predicted molar refractivity (Wildman–Crippen MR) is 93.6 cm³/mol. The van der Waals surface area contributed by atoms with Crippen molar-refractivity contribution >= 4 is 5.97 Å². The summed E-state index contributed by atoms with van der Waals surface area (Å²) in [6.45, 7) is 2.27. The van der Waals surface area contributed by atoms with Crippen molar-refractivity contribution in [3.63, 3.8) is 0 Å². The van der Waals surface area contributed by atoms with Crippen molar-refractivity contribution in [3.8, 4) is 5.75 Å². The summed E-state index contributed by atoms with van der Waals surface area (Å²) in [6, 6.07) is 0.831. The summed E-state index contributed by atoms with van der Waals surface area (Å²) < 4.78 is 70.1. The minimum Gasteiger partial charge on any atom is -0.426 e. The van der Waals surface area contributed by atoms with Crippen LogP contribution in [0.15, 0.2) is 12.1 Å². The monoisotopic (exact) mass is 404 g/mol. The Morgan fingerprint density at radius 2 is 1.36 bits per heavy atom. The van der Waals surface area contributed by atoms with Crippen LogP contribution in [0, 0.1) is 35.3 Å². The molecule has 1 aromatic rings. The minimum absolute atomic E-state index is 0.382. The maximum atomic E-state index is 13.6. The maximum absolute atomic E-state index is 13.6. The van der Waals surface area contributed by atoms with E-state index in [2.05, 4.69) is 6.92 Å². The van der Waals surface area contributed by atoms with Gasteiger partial charge in [0, 0.05) is 12.1 Å². The molecule has 28 heavy (non-hydrogen) atoms. The fourth-order valence-corrected chi connectivity index (χ4v) is 4.66. The van der Waals surface area contributed by atoms with E-state index in [4.69, 9.17) is 4.74 Å². The summed E-state index contributed by atoms with van der Waals surface area (Å²) in [7, 11) is 0. The first-order valence-corrected chi connectivity index (χ1v) is 9.93. The van der Waals surface area contributed by atoms with Crippen LogP contribution in [0.25, 0.3) is 0 Å². The van der Waals surface area contributed by atoms with Crippen LogP contribution < -0.4 is 4.74 Å². The van der Waals surface area contributed by atoms with Gasteiger partial charge in [0.1, 0.15) is 22.9 Å². The van der Waals surface area contributed by atoms with Crippen LogP contribution in [-0.2, 0) is 11.0 Å². The van der Waals surface area contributed by atoms with Gasteiger partial charge in [-0.1, -0.05) is 19.8 Å². The molecule has 0 heterocycles. The van der Waals surface area contributed by atoms with Gasteiger partial charge in [0.05, 0.1) is 5.92 Å². The molecular formula is C21H25F5O2. The van der Waals surface area contributed by atoms with Crippen molar-refractivity contribution in [2.24, 2.45) is 23.7 Å². The lowest BCUT2D eigenvalue weighted by molar-refractivity contribution is -0.142. The molecule has 7 heteroatoms. The first kappa shape index (κ1) is 21.1. The molecule has 0 aromatic heterocycles. The van der Waals surface area contributed by atoms with Crippen LogP contribution in [0.1, 0.15) is 63.9 Å². The molecule has 0 bridgehead atoms. The number of carbonyl (C=O) groups excluding carboxylic acids is 1. The number of rotatable bonds is 3. The van der Waals surface area contributed by atoms with Gasteiger partial charge >= 0.3 is 12.1 Å². The van der Waals surface area contributed by atoms with Crippen molar-refractivity contribution in [3.05, 3.63) is 29.3 Å². The van der Waals surface area contributed by atoms with Gasteiger partial charge in [-0.15, -0.1) is 0 Å². The number of carbonyl (C=O) groups is 1. The average molecular weight is 404 g/mol. The molecule has 0 N–H and O–H groups in total. The fraction of sp³-hybridized carbons (Fsp3) is 0.667. The topological polar surface area (TPSA) is 26.3 Å². The van der Waals surface area contributed by atoms with Crippen LogP contribution >= 0.6 is 0 Å². The van der Waals surface area contributed by atoms with E-state index in [1.54, 1.807) is 0 Å². The molecule has 2 fully saturated rings. The molecule has 0 amide bonds. The van der Waals surface area contributed by atoms with E-state index in [0.717, 1.165) is 18.8 Å². The van der Waals surface area contributed by atoms with Gasteiger partial charge < -0.3 is 4.74 Å². The Labute approximate surface area is 161 Å². The molecule has 2 aliphatic carbocycles. The molecular weight excluding hydrogens is 379 g/mol. The molecule has 0 radical (unpaired) electrons. The van der Waals surface area contributed by atoms with Crippen molar-refractivity contribution in [2.45, 2.75) is 64.5 Å². The highest BCUT2D eigenvalue weighted by Gasteiger charge is 2.38. The third-order valence-electron chi connectivity index (χ3n) is 6.35. The number of benzene rings is 1. The summed E-state index contributed by atoms with van der Waals surface area (Å²) >= 11 is 0. The first-order valence-electron chi connectivity index (χ1n) is 9.93. The number of esters is 1. The zero-order valence-electron chi connectivity index (χ0n) is 15.8. The van der Waals surface area contributed by atoms with Crippen LogP contribution in [-0.4, -0.2) is 5.97 Å². The molecule has 0 aliphatic heterocycles. The second-order valence-corrected chi connectivity index (χ2v) is 8.31. The van der Waals surface area contributed by atoms with Gasteiger partial charge in [-0.3, -0.25) is 4.79 Å². The quantitative estimate of drug-likeness (QED) is 0.326. The zero-order chi connectivity index (χ0) is 20.5. The largest absolute Gasteiger partial charge is 0.426 e. The Bertz CT molecular complexity index is 676. The second kappa shape index (κ2) is 8.37. The normalized spacial score (nSPS) is 28.8. The highest BCUT2D eigenvalue weighted by atomic mass is 19.4. The smallest absolute Gasteiger partial charge is 0.422 e. The van der Waals surface area contributed by atoms with E-state index >= 15 is 0 Å². The Kier molecular flexibility index (Phi) is 6.30. The fourth-order valence-electron chi connectivity index (χ4n) is 4.66. The lowest BCUT2D eigenvalue weighted by Crippen LogP contribution is -2.30. The van der Waals surface area contributed by atoms with Crippen molar-refractivity contribution < 1.29 is 31.5 Å². The molecule has 0 spiro atoms. The summed E-state index contributed by atoms with van der Waals surface area (Å²) in [5.41, 5.74) is -1.98. The highest BCUT2D eigenvalue weighted by Crippen LogP contribution is 2.42. The van der Waals surface area contributed by atoms with E-state index in [0.29, 0.717) is 36.8 Å². The number of alkyl halides is 3. The lowest BCUT2D eigenvalue weighted by atomic mass is 9.69. The first-order chi connectivity index (χ1) is 13.1. The Morgan fingerprint density at radius 3 is 1.82 bits per heavy atom. The number of ether oxygens (including phenoxy) is 1. The third-order valence-corrected chi connectivity index (χ3v) is 6.35. The number of hydrogen-bond acceptors (Lipinski definition) is 2. The standard InChI is InChI=1S/C21H25F5O2/c1-12-2-4-13(5-3-12)14-6-8-15(9-7-14)20(27)28-16-10-17(22)19(18(23)11-16)21(24,25)26/h10-15H,2-9H2,1H3. The molecule has 3 rings (SSSR count). The van der Waals surface area contributed by atoms with E-state index in [9.17, 15) is 26.7 Å². The Balaban J connectivity index is 1.56. The van der Waals surface area contributed by atoms with E-state index < -0.39 is 35.1 Å². The van der Waals surface area contributed by atoms with Gasteiger partial charge in [0.25, 0.3) is 0 Å². The van der Waals surface area contributed by atoms with Crippen LogP contribution in [0.5, 0.6) is 5.75 Å². The molecule has 1 aromatic carbocycles. The van der Waals surface area contributed by atoms with E-state index in [1.807, 2.05) is 0 Å². The third kappa shape index (κ3) is 4.84. The van der Waals surface area contributed by atoms with Crippen LogP contribution in [0.4, 0.5) is 22.0 Å². The van der Waals surface area contributed by atoms with Crippen molar-refractivity contribution in [1.82, 2.24) is 0 Å². The SMILES string of the molecule is CC1CCC(C2CCC(C(=O)Oc3cc(F)c(C(F)(F)F)c(F)c3)CC2)CC1. The molecule has 156 valence electrons. The predicted octanol–water partition coefficient (Wildman–Crippen LogP) is 6.52. The molecule has 0 atom stereocenters. The van der Waals surface area contributed by atoms with E-state index in [-0.39, 0.29) is 5.92 Å². The zero-order valence-corrected chi connectivity index (χ0v) is 15.8. The average Bonchev–Trinajstić information content (AvgIpc) is 2.60. The molecule has 2 nitrogen and oxygen atoms in total. The van der Waals surface area contributed by atoms with Gasteiger partial charge in [-0.05, 0) is 56.3 Å². The minimum atomic E-state index is -5.15. The lowest BCUT2D eigenvalue weighted by Gasteiger charge is -2.36. The van der Waals surface area contributed by atoms with Crippen molar-refractivity contribution in [2.75, 3.05) is 0 Å². The summed E-state index contributed by atoms with van der Waals surface area (Å²) in [5, 5.41) is 0. The molecule has 2 saturated carbocycles. The molecule has 2 aliphatic rings. The van der Waals surface area contributed by atoms with Gasteiger partial charge in [0.15, 0.2) is 0 Å². The Morgan fingerprint density at radius 1 is 0.893 bits per heavy atom. The number of halogens is 5. The summed E-state index contributed by atoms with van der Waals surface area (Å²) in [6.07, 6.45) is 2.91. The van der Waals surface area contributed by atoms with Gasteiger partial charge in [-0.25, -0.2) is 8.78 Å². The Hall–Kier alpha value is -1.66. The molecule has 0 unspecified atom stereocenters. The summed E-state index contributed by atoms with van der Waals surface area (Å²) in [4.78, 5) is 12.3. The van der Waals surface area contributed by atoms with Gasteiger partial charge in [0.2, 0.25) is 0 Å². The number of hydrogen-bond donors (Lipinski definition) is 0. The van der Waals surface area contributed by atoms with Gasteiger partial charge in [-0.2, -0.15) is 13.2 Å². The van der Waals surface area contributed by atoms with Crippen LogP contribution in [0.2, 0.25) is 0 Å². The second-order valence-electron chi connectivity index (χ2n) is 8.31. The molecule has 0 saturated heterocycles. The summed E-state index contributed by atoms with van der Waals surface area (Å²) in [5.74, 6) is -3.04. The maximum Gasteiger partial charge on any atom is 0.422 e. The van der Waals surface area contributed by atoms with E-state index in [1.165, 1.54) is 25.7 Å². The van der Waals surface area contributed by atoms with Crippen molar-refractivity contribution in [1.29, 1.82) is 0 Å².